The standard InChI is InChI=1S/C20H19NO4/c1-2-13-7-9-14(10-8-13)16(12-22)21-20(24)19-11-17(23)15-5-3-4-6-18(15)25-19/h3-11,16,22H,2,12H2,1H3,(H,21,24). The number of para-hydroxylation sites is 1. The van der Waals surface area contributed by atoms with Gasteiger partial charge in [-0.3, -0.25) is 9.59 Å². The van der Waals surface area contributed by atoms with E-state index >= 15 is 0 Å². The summed E-state index contributed by atoms with van der Waals surface area (Å²) in [6.07, 6.45) is 0.915. The number of hydrogen-bond donors (Lipinski definition) is 2. The maximum absolute atomic E-state index is 12.5. The molecule has 3 rings (SSSR count). The molecule has 0 aliphatic rings. The molecular weight excluding hydrogens is 318 g/mol. The van der Waals surface area contributed by atoms with Gasteiger partial charge in [0.05, 0.1) is 18.0 Å². The number of amides is 1. The van der Waals surface area contributed by atoms with Crippen molar-refractivity contribution in [3.05, 3.63) is 81.7 Å². The van der Waals surface area contributed by atoms with Gasteiger partial charge in [0, 0.05) is 6.07 Å². The first-order valence-electron chi connectivity index (χ1n) is 8.16. The second-order valence-electron chi connectivity index (χ2n) is 5.77. The van der Waals surface area contributed by atoms with E-state index < -0.39 is 11.9 Å². The average Bonchev–Trinajstić information content (AvgIpc) is 2.66. The minimum Gasteiger partial charge on any atom is -0.451 e. The lowest BCUT2D eigenvalue weighted by atomic mass is 10.0. The van der Waals surface area contributed by atoms with Crippen LogP contribution in [-0.2, 0) is 6.42 Å². The molecule has 128 valence electrons. The van der Waals surface area contributed by atoms with Crippen LogP contribution >= 0.6 is 0 Å². The van der Waals surface area contributed by atoms with Gasteiger partial charge in [0.15, 0.2) is 11.2 Å². The summed E-state index contributed by atoms with van der Waals surface area (Å²) in [5.41, 5.74) is 2.04. The fourth-order valence-electron chi connectivity index (χ4n) is 2.67. The van der Waals surface area contributed by atoms with Crippen LogP contribution in [-0.4, -0.2) is 17.6 Å². The zero-order valence-corrected chi connectivity index (χ0v) is 13.9. The highest BCUT2D eigenvalue weighted by Crippen LogP contribution is 2.16. The predicted molar refractivity (Wildman–Crippen MR) is 95.6 cm³/mol. The monoisotopic (exact) mass is 337 g/mol. The Labute approximate surface area is 144 Å². The van der Waals surface area contributed by atoms with Gasteiger partial charge in [0.25, 0.3) is 5.91 Å². The van der Waals surface area contributed by atoms with Crippen LogP contribution in [0.4, 0.5) is 0 Å². The lowest BCUT2D eigenvalue weighted by Crippen LogP contribution is -2.31. The number of aliphatic hydroxyl groups excluding tert-OH is 1. The van der Waals surface area contributed by atoms with E-state index in [2.05, 4.69) is 12.2 Å². The highest BCUT2D eigenvalue weighted by molar-refractivity contribution is 5.93. The number of aryl methyl sites for hydroxylation is 1. The Morgan fingerprint density at radius 2 is 1.88 bits per heavy atom. The lowest BCUT2D eigenvalue weighted by Gasteiger charge is -2.17. The first-order chi connectivity index (χ1) is 12.1. The van der Waals surface area contributed by atoms with E-state index in [1.54, 1.807) is 24.3 Å². The van der Waals surface area contributed by atoms with Crippen LogP contribution in [0, 0.1) is 0 Å². The van der Waals surface area contributed by atoms with Crippen molar-refractivity contribution in [3.8, 4) is 0 Å². The molecule has 1 atom stereocenters. The van der Waals surface area contributed by atoms with E-state index in [0.29, 0.717) is 11.0 Å². The Bertz CT molecular complexity index is 944. The summed E-state index contributed by atoms with van der Waals surface area (Å²) in [4.78, 5) is 24.6. The number of fused-ring (bicyclic) bond motifs is 1. The van der Waals surface area contributed by atoms with Crippen LogP contribution in [0.25, 0.3) is 11.0 Å². The van der Waals surface area contributed by atoms with Crippen molar-refractivity contribution < 1.29 is 14.3 Å². The first kappa shape index (κ1) is 16.9. The molecule has 0 spiro atoms. The van der Waals surface area contributed by atoms with Gasteiger partial charge in [-0.1, -0.05) is 43.3 Å². The number of carbonyl (C=O) groups is 1. The molecule has 0 fully saturated rings. The normalized spacial score (nSPS) is 12.1. The number of benzene rings is 2. The first-order valence-corrected chi connectivity index (χ1v) is 8.16. The van der Waals surface area contributed by atoms with Crippen molar-refractivity contribution in [2.45, 2.75) is 19.4 Å². The van der Waals surface area contributed by atoms with Gasteiger partial charge in [0.1, 0.15) is 5.58 Å². The summed E-state index contributed by atoms with van der Waals surface area (Å²) in [6, 6.07) is 15.0. The molecule has 0 bridgehead atoms. The molecule has 5 heteroatoms. The second-order valence-corrected chi connectivity index (χ2v) is 5.77. The maximum Gasteiger partial charge on any atom is 0.287 e. The van der Waals surface area contributed by atoms with Crippen molar-refractivity contribution >= 4 is 16.9 Å². The van der Waals surface area contributed by atoms with E-state index in [1.807, 2.05) is 24.3 Å². The molecule has 0 saturated carbocycles. The molecule has 0 aliphatic carbocycles. The van der Waals surface area contributed by atoms with Crippen LogP contribution in [0.5, 0.6) is 0 Å². The summed E-state index contributed by atoms with van der Waals surface area (Å²) in [6.45, 7) is 1.80. The number of hydrogen-bond acceptors (Lipinski definition) is 4. The zero-order valence-electron chi connectivity index (χ0n) is 13.9. The molecule has 0 aliphatic heterocycles. The minimum absolute atomic E-state index is 0.0765. The van der Waals surface area contributed by atoms with Crippen molar-refractivity contribution in [2.75, 3.05) is 6.61 Å². The topological polar surface area (TPSA) is 79.5 Å². The van der Waals surface area contributed by atoms with E-state index in [1.165, 1.54) is 11.6 Å². The highest BCUT2D eigenvalue weighted by Gasteiger charge is 2.18. The maximum atomic E-state index is 12.5. The third kappa shape index (κ3) is 3.61. The molecule has 25 heavy (non-hydrogen) atoms. The number of carbonyl (C=O) groups excluding carboxylic acids is 1. The summed E-state index contributed by atoms with van der Waals surface area (Å²) >= 11 is 0. The van der Waals surface area contributed by atoms with Crippen molar-refractivity contribution in [1.82, 2.24) is 5.32 Å². The van der Waals surface area contributed by atoms with E-state index in [9.17, 15) is 14.7 Å². The Hall–Kier alpha value is -2.92. The molecule has 1 amide bonds. The van der Waals surface area contributed by atoms with Crippen LogP contribution < -0.4 is 10.7 Å². The summed E-state index contributed by atoms with van der Waals surface area (Å²) < 4.78 is 5.53. The molecule has 1 heterocycles. The van der Waals surface area contributed by atoms with Gasteiger partial charge in [-0.25, -0.2) is 0 Å². The minimum atomic E-state index is -0.574. The molecule has 0 saturated heterocycles. The summed E-state index contributed by atoms with van der Waals surface area (Å²) in [5, 5.41) is 12.8. The lowest BCUT2D eigenvalue weighted by molar-refractivity contribution is 0.0888. The SMILES string of the molecule is CCc1ccc(C(CO)NC(=O)c2cc(=O)c3ccccc3o2)cc1. The average molecular weight is 337 g/mol. The molecule has 0 radical (unpaired) electrons. The fraction of sp³-hybridized carbons (Fsp3) is 0.200. The van der Waals surface area contributed by atoms with Gasteiger partial charge in [-0.05, 0) is 29.7 Å². The molecular formula is C20H19NO4. The predicted octanol–water partition coefficient (Wildman–Crippen LogP) is 2.82. The molecule has 5 nitrogen and oxygen atoms in total. The Morgan fingerprint density at radius 3 is 2.56 bits per heavy atom. The molecule has 1 aromatic heterocycles. The van der Waals surface area contributed by atoms with Crippen LogP contribution in [0.15, 0.2) is 63.8 Å². The summed E-state index contributed by atoms with van der Waals surface area (Å²) in [5.74, 6) is -0.617. The number of aliphatic hydroxyl groups is 1. The Kier molecular flexibility index (Phi) is 4.95. The highest BCUT2D eigenvalue weighted by atomic mass is 16.3. The van der Waals surface area contributed by atoms with Crippen molar-refractivity contribution in [3.63, 3.8) is 0 Å². The van der Waals surface area contributed by atoms with Crippen LogP contribution in [0.2, 0.25) is 0 Å². The zero-order chi connectivity index (χ0) is 17.8. The van der Waals surface area contributed by atoms with Gasteiger partial charge in [-0.2, -0.15) is 0 Å². The summed E-state index contributed by atoms with van der Waals surface area (Å²) in [7, 11) is 0. The van der Waals surface area contributed by atoms with Crippen molar-refractivity contribution in [2.24, 2.45) is 0 Å². The Balaban J connectivity index is 1.85. The largest absolute Gasteiger partial charge is 0.451 e. The molecule has 2 aromatic carbocycles. The molecule has 3 aromatic rings. The van der Waals surface area contributed by atoms with Crippen LogP contribution in [0.1, 0.15) is 34.6 Å². The molecule has 2 N–H and O–H groups in total. The fourth-order valence-corrected chi connectivity index (χ4v) is 2.67. The number of rotatable bonds is 5. The van der Waals surface area contributed by atoms with E-state index in [0.717, 1.165) is 12.0 Å². The smallest absolute Gasteiger partial charge is 0.287 e. The van der Waals surface area contributed by atoms with E-state index in [-0.39, 0.29) is 17.8 Å². The molecule has 1 unspecified atom stereocenters. The number of nitrogens with one attached hydrogen (secondary N) is 1. The third-order valence-corrected chi connectivity index (χ3v) is 4.14. The second kappa shape index (κ2) is 7.32. The van der Waals surface area contributed by atoms with Crippen LogP contribution in [0.3, 0.4) is 0 Å². The van der Waals surface area contributed by atoms with Crippen molar-refractivity contribution in [1.29, 1.82) is 0 Å². The third-order valence-electron chi connectivity index (χ3n) is 4.14. The Morgan fingerprint density at radius 1 is 1.16 bits per heavy atom. The van der Waals surface area contributed by atoms with Gasteiger partial charge < -0.3 is 14.8 Å². The van der Waals surface area contributed by atoms with Gasteiger partial charge in [0.2, 0.25) is 0 Å². The van der Waals surface area contributed by atoms with Gasteiger partial charge in [-0.15, -0.1) is 0 Å². The quantitative estimate of drug-likeness (QED) is 0.750. The van der Waals surface area contributed by atoms with Gasteiger partial charge >= 0.3 is 0 Å². The van der Waals surface area contributed by atoms with E-state index in [4.69, 9.17) is 4.42 Å².